The van der Waals surface area contributed by atoms with Gasteiger partial charge >= 0.3 is 0 Å². The summed E-state index contributed by atoms with van der Waals surface area (Å²) in [5.41, 5.74) is 0.220. The number of nitrogens with one attached hydrogen (secondary N) is 1. The van der Waals surface area contributed by atoms with Gasteiger partial charge in [0.05, 0.1) is 11.5 Å². The first-order chi connectivity index (χ1) is 8.32. The van der Waals surface area contributed by atoms with Crippen molar-refractivity contribution >= 4 is 21.4 Å². The second-order valence-corrected chi connectivity index (χ2v) is 8.34. The Bertz CT molecular complexity index is 519. The Morgan fingerprint density at radius 1 is 1.56 bits per heavy atom. The van der Waals surface area contributed by atoms with Crippen LogP contribution in [0.4, 0.5) is 0 Å². The molecule has 1 aromatic heterocycles. The second-order valence-electron chi connectivity index (χ2n) is 5.63. The SMILES string of the molecule is CC1(C)CCC(NS(=O)(=O)c2csc(CO)c2)C1. The van der Waals surface area contributed by atoms with Crippen molar-refractivity contribution in [2.24, 2.45) is 5.41 Å². The molecule has 1 saturated carbocycles. The standard InChI is InChI=1S/C12H19NO3S2/c1-12(2)4-3-9(6-12)13-18(15,16)11-5-10(7-14)17-8-11/h5,8-9,13-14H,3-4,6-7H2,1-2H3. The average Bonchev–Trinajstić information content (AvgIpc) is 2.84. The maximum atomic E-state index is 12.1. The number of rotatable bonds is 4. The van der Waals surface area contributed by atoms with Gasteiger partial charge in [-0.3, -0.25) is 0 Å². The van der Waals surface area contributed by atoms with E-state index in [1.165, 1.54) is 17.4 Å². The minimum absolute atomic E-state index is 0.0301. The van der Waals surface area contributed by atoms with Gasteiger partial charge in [0.1, 0.15) is 0 Å². The molecule has 1 unspecified atom stereocenters. The van der Waals surface area contributed by atoms with Crippen molar-refractivity contribution in [2.45, 2.75) is 50.7 Å². The van der Waals surface area contributed by atoms with Crippen LogP contribution in [0.5, 0.6) is 0 Å². The average molecular weight is 289 g/mol. The lowest BCUT2D eigenvalue weighted by Crippen LogP contribution is -2.33. The highest BCUT2D eigenvalue weighted by Gasteiger charge is 2.33. The van der Waals surface area contributed by atoms with Crippen molar-refractivity contribution in [1.82, 2.24) is 4.72 Å². The molecule has 1 aromatic rings. The summed E-state index contributed by atoms with van der Waals surface area (Å²) in [5.74, 6) is 0. The molecule has 0 aliphatic heterocycles. The van der Waals surface area contributed by atoms with Crippen LogP contribution in [-0.2, 0) is 16.6 Å². The summed E-state index contributed by atoms with van der Waals surface area (Å²) < 4.78 is 27.0. The fourth-order valence-electron chi connectivity index (χ4n) is 2.41. The summed E-state index contributed by atoms with van der Waals surface area (Å²) in [6, 6.07) is 1.56. The van der Waals surface area contributed by atoms with Crippen molar-refractivity contribution < 1.29 is 13.5 Å². The van der Waals surface area contributed by atoms with Crippen LogP contribution in [0.3, 0.4) is 0 Å². The van der Waals surface area contributed by atoms with E-state index in [1.807, 2.05) is 0 Å². The Balaban J connectivity index is 2.08. The topological polar surface area (TPSA) is 66.4 Å². The number of sulfonamides is 1. The number of hydrogen-bond acceptors (Lipinski definition) is 4. The molecule has 0 saturated heterocycles. The predicted octanol–water partition coefficient (Wildman–Crippen LogP) is 2.10. The van der Waals surface area contributed by atoms with E-state index in [2.05, 4.69) is 18.6 Å². The van der Waals surface area contributed by atoms with Gasteiger partial charge in [-0.15, -0.1) is 11.3 Å². The van der Waals surface area contributed by atoms with Gasteiger partial charge in [-0.05, 0) is 30.7 Å². The quantitative estimate of drug-likeness (QED) is 0.892. The van der Waals surface area contributed by atoms with Crippen molar-refractivity contribution in [3.8, 4) is 0 Å². The van der Waals surface area contributed by atoms with Gasteiger partial charge < -0.3 is 5.11 Å². The summed E-state index contributed by atoms with van der Waals surface area (Å²) >= 11 is 1.26. The number of thiophene rings is 1. The van der Waals surface area contributed by atoms with E-state index in [-0.39, 0.29) is 23.0 Å². The van der Waals surface area contributed by atoms with E-state index in [0.29, 0.717) is 4.88 Å². The van der Waals surface area contributed by atoms with Crippen LogP contribution in [0.2, 0.25) is 0 Å². The first kappa shape index (κ1) is 14.0. The Morgan fingerprint density at radius 2 is 2.28 bits per heavy atom. The van der Waals surface area contributed by atoms with E-state index >= 15 is 0 Å². The molecule has 6 heteroatoms. The van der Waals surface area contributed by atoms with Crippen molar-refractivity contribution in [3.05, 3.63) is 16.3 Å². The Kier molecular flexibility index (Phi) is 3.82. The smallest absolute Gasteiger partial charge is 0.241 e. The van der Waals surface area contributed by atoms with Crippen LogP contribution in [0.1, 0.15) is 38.0 Å². The fraction of sp³-hybridized carbons (Fsp3) is 0.667. The summed E-state index contributed by atoms with van der Waals surface area (Å²) in [7, 11) is -3.43. The van der Waals surface area contributed by atoms with Gasteiger partial charge in [0, 0.05) is 16.3 Å². The van der Waals surface area contributed by atoms with Crippen LogP contribution in [-0.4, -0.2) is 19.6 Å². The summed E-state index contributed by atoms with van der Waals surface area (Å²) in [5, 5.41) is 10.5. The predicted molar refractivity (Wildman–Crippen MR) is 72.0 cm³/mol. The molecular formula is C12H19NO3S2. The summed E-state index contributed by atoms with van der Waals surface area (Å²) in [6.07, 6.45) is 2.82. The first-order valence-electron chi connectivity index (χ1n) is 6.03. The van der Waals surface area contributed by atoms with Crippen LogP contribution >= 0.6 is 11.3 Å². The zero-order chi connectivity index (χ0) is 13.4. The van der Waals surface area contributed by atoms with E-state index in [4.69, 9.17) is 5.11 Å². The lowest BCUT2D eigenvalue weighted by Gasteiger charge is -2.17. The highest BCUT2D eigenvalue weighted by atomic mass is 32.2. The minimum Gasteiger partial charge on any atom is -0.391 e. The van der Waals surface area contributed by atoms with E-state index in [0.717, 1.165) is 19.3 Å². The molecule has 1 aliphatic carbocycles. The maximum absolute atomic E-state index is 12.1. The number of aliphatic hydroxyl groups is 1. The summed E-state index contributed by atoms with van der Waals surface area (Å²) in [4.78, 5) is 0.934. The van der Waals surface area contributed by atoms with Gasteiger partial charge in [0.25, 0.3) is 0 Å². The van der Waals surface area contributed by atoms with E-state index < -0.39 is 10.0 Å². The molecule has 2 rings (SSSR count). The molecule has 1 heterocycles. The van der Waals surface area contributed by atoms with Crippen LogP contribution < -0.4 is 4.72 Å². The van der Waals surface area contributed by atoms with Crippen molar-refractivity contribution in [1.29, 1.82) is 0 Å². The molecule has 0 amide bonds. The third-order valence-corrected chi connectivity index (χ3v) is 5.96. The van der Waals surface area contributed by atoms with Crippen LogP contribution in [0.15, 0.2) is 16.3 Å². The van der Waals surface area contributed by atoms with Gasteiger partial charge in [-0.1, -0.05) is 13.8 Å². The molecule has 0 aromatic carbocycles. The van der Waals surface area contributed by atoms with Crippen molar-refractivity contribution in [3.63, 3.8) is 0 Å². The fourth-order valence-corrected chi connectivity index (χ4v) is 4.81. The van der Waals surface area contributed by atoms with Crippen molar-refractivity contribution in [2.75, 3.05) is 0 Å². The van der Waals surface area contributed by atoms with Gasteiger partial charge in [0.2, 0.25) is 10.0 Å². The number of hydrogen-bond donors (Lipinski definition) is 2. The third kappa shape index (κ3) is 3.12. The second kappa shape index (κ2) is 4.92. The maximum Gasteiger partial charge on any atom is 0.241 e. The molecular weight excluding hydrogens is 270 g/mol. The largest absolute Gasteiger partial charge is 0.391 e. The lowest BCUT2D eigenvalue weighted by molar-refractivity contribution is 0.285. The molecule has 1 aliphatic rings. The molecule has 1 fully saturated rings. The molecule has 0 bridgehead atoms. The normalized spacial score (nSPS) is 23.4. The van der Waals surface area contributed by atoms with E-state index in [1.54, 1.807) is 5.38 Å². The Morgan fingerprint density at radius 3 is 2.78 bits per heavy atom. The Labute approximate surface area is 112 Å². The zero-order valence-electron chi connectivity index (χ0n) is 10.6. The van der Waals surface area contributed by atoms with Gasteiger partial charge in [-0.25, -0.2) is 13.1 Å². The molecule has 2 N–H and O–H groups in total. The molecule has 4 nitrogen and oxygen atoms in total. The highest BCUT2D eigenvalue weighted by Crippen LogP contribution is 2.37. The molecule has 102 valence electrons. The first-order valence-corrected chi connectivity index (χ1v) is 8.39. The highest BCUT2D eigenvalue weighted by molar-refractivity contribution is 7.89. The monoisotopic (exact) mass is 289 g/mol. The minimum atomic E-state index is -3.43. The summed E-state index contributed by atoms with van der Waals surface area (Å²) in [6.45, 7) is 4.21. The van der Waals surface area contributed by atoms with E-state index in [9.17, 15) is 8.42 Å². The third-order valence-electron chi connectivity index (χ3n) is 3.39. The number of aliphatic hydroxyl groups excluding tert-OH is 1. The molecule has 0 spiro atoms. The van der Waals surface area contributed by atoms with Crippen LogP contribution in [0, 0.1) is 5.41 Å². The van der Waals surface area contributed by atoms with Gasteiger partial charge in [0.15, 0.2) is 0 Å². The Hall–Kier alpha value is -0.430. The van der Waals surface area contributed by atoms with Crippen LogP contribution in [0.25, 0.3) is 0 Å². The zero-order valence-corrected chi connectivity index (χ0v) is 12.3. The lowest BCUT2D eigenvalue weighted by atomic mass is 9.92. The molecule has 18 heavy (non-hydrogen) atoms. The molecule has 0 radical (unpaired) electrons. The van der Waals surface area contributed by atoms with Gasteiger partial charge in [-0.2, -0.15) is 0 Å². The molecule has 1 atom stereocenters.